The van der Waals surface area contributed by atoms with Gasteiger partial charge in [-0.25, -0.2) is 0 Å². The molecule has 0 bridgehead atoms. The van der Waals surface area contributed by atoms with Gasteiger partial charge in [0.25, 0.3) is 0 Å². The number of anilines is 1. The predicted octanol–water partition coefficient (Wildman–Crippen LogP) is 4.33. The average Bonchev–Trinajstić information content (AvgIpc) is 2.69. The number of β-amino-alcohol motifs (C(OH)–C–C–N with tert-alkyl or cyclic N) is 1. The zero-order chi connectivity index (χ0) is 20.1. The van der Waals surface area contributed by atoms with Crippen LogP contribution in [0.15, 0.2) is 42.5 Å². The third kappa shape index (κ3) is 5.63. The molecule has 3 rings (SSSR count). The van der Waals surface area contributed by atoms with Gasteiger partial charge in [0.05, 0.1) is 0 Å². The van der Waals surface area contributed by atoms with Crippen molar-refractivity contribution in [3.8, 4) is 5.75 Å². The van der Waals surface area contributed by atoms with Crippen LogP contribution in [0.2, 0.25) is 5.02 Å². The molecular weight excluding hydrogens is 372 g/mol. The summed E-state index contributed by atoms with van der Waals surface area (Å²) in [5, 5.41) is 11.1. The second kappa shape index (κ2) is 9.64. The van der Waals surface area contributed by atoms with Gasteiger partial charge >= 0.3 is 0 Å². The molecule has 0 spiro atoms. The highest BCUT2D eigenvalue weighted by Gasteiger charge is 2.21. The van der Waals surface area contributed by atoms with Crippen molar-refractivity contribution >= 4 is 17.3 Å². The summed E-state index contributed by atoms with van der Waals surface area (Å²) in [6.07, 6.45) is -0.496. The number of hydrogen-bond donors (Lipinski definition) is 1. The fourth-order valence-corrected chi connectivity index (χ4v) is 3.75. The maximum atomic E-state index is 10.4. The highest BCUT2D eigenvalue weighted by Crippen LogP contribution is 2.25. The second-order valence-electron chi connectivity index (χ2n) is 7.91. The smallest absolute Gasteiger partial charge is 0.119 e. The summed E-state index contributed by atoms with van der Waals surface area (Å²) in [6.45, 7) is 11.1. The maximum Gasteiger partial charge on any atom is 0.119 e. The van der Waals surface area contributed by atoms with Gasteiger partial charge in [0.1, 0.15) is 18.5 Å². The number of piperazine rings is 1. The molecule has 1 aliphatic heterocycles. The molecule has 2 aromatic rings. The minimum Gasteiger partial charge on any atom is -0.491 e. The van der Waals surface area contributed by atoms with Gasteiger partial charge in [-0.05, 0) is 48.2 Å². The Hall–Kier alpha value is -1.75. The van der Waals surface area contributed by atoms with E-state index in [1.807, 2.05) is 24.3 Å². The Kier molecular flexibility index (Phi) is 7.22. The van der Waals surface area contributed by atoms with E-state index in [0.717, 1.165) is 37.0 Å². The lowest BCUT2D eigenvalue weighted by Gasteiger charge is -2.37. The minimum absolute atomic E-state index is 0.314. The van der Waals surface area contributed by atoms with Gasteiger partial charge in [-0.1, -0.05) is 43.6 Å². The van der Waals surface area contributed by atoms with E-state index in [2.05, 4.69) is 48.8 Å². The molecule has 0 amide bonds. The first-order valence-corrected chi connectivity index (χ1v) is 10.4. The van der Waals surface area contributed by atoms with Crippen molar-refractivity contribution in [2.45, 2.75) is 32.8 Å². The van der Waals surface area contributed by atoms with E-state index in [1.165, 1.54) is 16.8 Å². The van der Waals surface area contributed by atoms with Crippen LogP contribution in [-0.4, -0.2) is 55.4 Å². The fraction of sp³-hybridized carbons (Fsp3) is 0.478. The molecule has 1 saturated heterocycles. The first-order valence-electron chi connectivity index (χ1n) is 10.1. The molecule has 2 aromatic carbocycles. The Labute approximate surface area is 173 Å². The van der Waals surface area contributed by atoms with Crippen LogP contribution in [-0.2, 0) is 0 Å². The lowest BCUT2D eigenvalue weighted by atomic mass is 10.0. The van der Waals surface area contributed by atoms with Crippen LogP contribution in [0.5, 0.6) is 5.75 Å². The first-order chi connectivity index (χ1) is 13.4. The molecule has 1 aliphatic rings. The SMILES string of the molecule is Cc1ccc(Cl)cc1N1CCN(C[C@@H](O)COc2ccc(C(C)C)cc2)CC1. The Bertz CT molecular complexity index is 756. The fourth-order valence-electron chi connectivity index (χ4n) is 3.59. The van der Waals surface area contributed by atoms with E-state index in [0.29, 0.717) is 19.1 Å². The minimum atomic E-state index is -0.496. The van der Waals surface area contributed by atoms with Crippen molar-refractivity contribution in [3.05, 3.63) is 58.6 Å². The average molecular weight is 403 g/mol. The topological polar surface area (TPSA) is 35.9 Å². The highest BCUT2D eigenvalue weighted by atomic mass is 35.5. The second-order valence-corrected chi connectivity index (χ2v) is 8.34. The number of hydrogen-bond acceptors (Lipinski definition) is 4. The van der Waals surface area contributed by atoms with E-state index in [9.17, 15) is 5.11 Å². The first kappa shape index (κ1) is 21.0. The van der Waals surface area contributed by atoms with Gasteiger partial charge in [0.15, 0.2) is 0 Å². The normalized spacial score (nSPS) is 16.4. The lowest BCUT2D eigenvalue weighted by Crippen LogP contribution is -2.49. The molecule has 0 radical (unpaired) electrons. The number of rotatable bonds is 7. The zero-order valence-corrected chi connectivity index (χ0v) is 17.8. The molecule has 4 nitrogen and oxygen atoms in total. The largest absolute Gasteiger partial charge is 0.491 e. The Balaban J connectivity index is 1.43. The van der Waals surface area contributed by atoms with Crippen molar-refractivity contribution in [2.75, 3.05) is 44.2 Å². The van der Waals surface area contributed by atoms with Crippen LogP contribution in [0.1, 0.15) is 30.9 Å². The van der Waals surface area contributed by atoms with Gasteiger partial charge < -0.3 is 14.7 Å². The van der Waals surface area contributed by atoms with Crippen molar-refractivity contribution in [2.24, 2.45) is 0 Å². The summed E-state index contributed by atoms with van der Waals surface area (Å²) in [6, 6.07) is 14.2. The number of aliphatic hydroxyl groups is 1. The number of nitrogens with zero attached hydrogens (tertiary/aromatic N) is 2. The standard InChI is InChI=1S/C23H31ClN2O2/c1-17(2)19-5-8-22(9-6-19)28-16-21(27)15-25-10-12-26(13-11-25)23-14-20(24)7-4-18(23)3/h4-9,14,17,21,27H,10-13,15-16H2,1-3H3/t21-/m1/s1. The van der Waals surface area contributed by atoms with Crippen molar-refractivity contribution in [1.29, 1.82) is 0 Å². The molecule has 1 atom stereocenters. The molecule has 1 fully saturated rings. The molecule has 0 unspecified atom stereocenters. The highest BCUT2D eigenvalue weighted by molar-refractivity contribution is 6.30. The monoisotopic (exact) mass is 402 g/mol. The van der Waals surface area contributed by atoms with Gasteiger partial charge in [-0.3, -0.25) is 4.90 Å². The summed E-state index contributed by atoms with van der Waals surface area (Å²) in [7, 11) is 0. The number of benzene rings is 2. The van der Waals surface area contributed by atoms with Gasteiger partial charge in [0, 0.05) is 43.4 Å². The molecule has 0 saturated carbocycles. The van der Waals surface area contributed by atoms with Crippen LogP contribution >= 0.6 is 11.6 Å². The van der Waals surface area contributed by atoms with E-state index in [-0.39, 0.29) is 0 Å². The third-order valence-corrected chi connectivity index (χ3v) is 5.58. The lowest BCUT2D eigenvalue weighted by molar-refractivity contribution is 0.0663. The van der Waals surface area contributed by atoms with Crippen molar-refractivity contribution in [1.82, 2.24) is 4.90 Å². The van der Waals surface area contributed by atoms with E-state index < -0.39 is 6.10 Å². The summed E-state index contributed by atoms with van der Waals surface area (Å²) < 4.78 is 5.76. The van der Waals surface area contributed by atoms with Gasteiger partial charge in [-0.2, -0.15) is 0 Å². The van der Waals surface area contributed by atoms with Gasteiger partial charge in [0.2, 0.25) is 0 Å². The summed E-state index contributed by atoms with van der Waals surface area (Å²) in [4.78, 5) is 4.67. The number of aryl methyl sites for hydroxylation is 1. The van der Waals surface area contributed by atoms with E-state index >= 15 is 0 Å². The Morgan fingerprint density at radius 2 is 1.71 bits per heavy atom. The molecule has 152 valence electrons. The zero-order valence-electron chi connectivity index (χ0n) is 17.1. The predicted molar refractivity (Wildman–Crippen MR) is 117 cm³/mol. The molecular formula is C23H31ClN2O2. The Morgan fingerprint density at radius 3 is 2.36 bits per heavy atom. The van der Waals surface area contributed by atoms with Crippen LogP contribution in [0.25, 0.3) is 0 Å². The van der Waals surface area contributed by atoms with Crippen molar-refractivity contribution < 1.29 is 9.84 Å². The Morgan fingerprint density at radius 1 is 1.04 bits per heavy atom. The number of halogens is 1. The molecule has 0 aromatic heterocycles. The molecule has 5 heteroatoms. The molecule has 1 heterocycles. The van der Waals surface area contributed by atoms with E-state index in [4.69, 9.17) is 16.3 Å². The number of aliphatic hydroxyl groups excluding tert-OH is 1. The molecule has 1 N–H and O–H groups in total. The number of ether oxygens (including phenoxy) is 1. The van der Waals surface area contributed by atoms with Crippen LogP contribution in [0.4, 0.5) is 5.69 Å². The summed E-state index contributed by atoms with van der Waals surface area (Å²) in [5.41, 5.74) is 3.75. The van der Waals surface area contributed by atoms with E-state index in [1.54, 1.807) is 0 Å². The molecule has 28 heavy (non-hydrogen) atoms. The third-order valence-electron chi connectivity index (χ3n) is 5.34. The summed E-state index contributed by atoms with van der Waals surface area (Å²) in [5.74, 6) is 1.32. The van der Waals surface area contributed by atoms with Crippen molar-refractivity contribution in [3.63, 3.8) is 0 Å². The van der Waals surface area contributed by atoms with Crippen LogP contribution in [0, 0.1) is 6.92 Å². The van der Waals surface area contributed by atoms with Crippen LogP contribution < -0.4 is 9.64 Å². The maximum absolute atomic E-state index is 10.4. The van der Waals surface area contributed by atoms with Gasteiger partial charge in [-0.15, -0.1) is 0 Å². The quantitative estimate of drug-likeness (QED) is 0.747. The van der Waals surface area contributed by atoms with Crippen LogP contribution in [0.3, 0.4) is 0 Å². The molecule has 0 aliphatic carbocycles. The summed E-state index contributed by atoms with van der Waals surface area (Å²) >= 11 is 6.16.